The minimum absolute atomic E-state index is 0.254. The largest absolute Gasteiger partial charge is 0.370 e. The van der Waals surface area contributed by atoms with E-state index < -0.39 is 0 Å². The maximum Gasteiger partial charge on any atom is 0.161 e. The van der Waals surface area contributed by atoms with Gasteiger partial charge in [-0.05, 0) is 44.7 Å². The van der Waals surface area contributed by atoms with Crippen LogP contribution in [0.2, 0.25) is 0 Å². The van der Waals surface area contributed by atoms with Crippen LogP contribution in [-0.4, -0.2) is 16.5 Å². The van der Waals surface area contributed by atoms with E-state index in [-0.39, 0.29) is 5.82 Å². The number of fused-ring (bicyclic) bond motifs is 1. The van der Waals surface area contributed by atoms with Gasteiger partial charge in [0, 0.05) is 23.4 Å². The number of hydrogen-bond acceptors (Lipinski definition) is 3. The maximum atomic E-state index is 13.4. The lowest BCUT2D eigenvalue weighted by Gasteiger charge is -2.14. The third kappa shape index (κ3) is 3.04. The van der Waals surface area contributed by atoms with Gasteiger partial charge in [0.25, 0.3) is 0 Å². The van der Waals surface area contributed by atoms with E-state index in [4.69, 9.17) is 4.98 Å². The van der Waals surface area contributed by atoms with Crippen molar-refractivity contribution in [2.75, 3.05) is 11.9 Å². The highest BCUT2D eigenvalue weighted by molar-refractivity contribution is 5.60. The Morgan fingerprint density at radius 2 is 2.00 bits per heavy atom. The second-order valence-corrected chi connectivity index (χ2v) is 5.42. The van der Waals surface area contributed by atoms with Gasteiger partial charge in [-0.2, -0.15) is 0 Å². The molecule has 0 bridgehead atoms. The minimum atomic E-state index is -0.254. The van der Waals surface area contributed by atoms with Gasteiger partial charge in [0.2, 0.25) is 0 Å². The summed E-state index contributed by atoms with van der Waals surface area (Å²) in [6.07, 6.45) is 5.60. The van der Waals surface area contributed by atoms with Crippen molar-refractivity contribution in [3.63, 3.8) is 0 Å². The summed E-state index contributed by atoms with van der Waals surface area (Å²) in [5, 5.41) is 3.34. The molecule has 0 aliphatic heterocycles. The third-order valence-corrected chi connectivity index (χ3v) is 3.86. The minimum Gasteiger partial charge on any atom is -0.370 e. The van der Waals surface area contributed by atoms with Crippen LogP contribution in [0, 0.1) is 5.82 Å². The summed E-state index contributed by atoms with van der Waals surface area (Å²) in [6, 6.07) is 6.50. The quantitative estimate of drug-likeness (QED) is 0.867. The van der Waals surface area contributed by atoms with Gasteiger partial charge in [-0.1, -0.05) is 18.6 Å². The summed E-state index contributed by atoms with van der Waals surface area (Å²) >= 11 is 0. The lowest BCUT2D eigenvalue weighted by molar-refractivity contribution is 0.628. The second-order valence-electron chi connectivity index (χ2n) is 5.42. The molecule has 1 aromatic heterocycles. The zero-order valence-corrected chi connectivity index (χ0v) is 12.3. The Morgan fingerprint density at radius 1 is 1.14 bits per heavy atom. The number of rotatable bonds is 3. The van der Waals surface area contributed by atoms with Crippen molar-refractivity contribution >= 4 is 5.82 Å². The van der Waals surface area contributed by atoms with Gasteiger partial charge in [-0.15, -0.1) is 0 Å². The first-order valence-electron chi connectivity index (χ1n) is 7.67. The Morgan fingerprint density at radius 3 is 2.81 bits per heavy atom. The summed E-state index contributed by atoms with van der Waals surface area (Å²) in [5.74, 6) is 1.28. The average molecular weight is 285 g/mol. The van der Waals surface area contributed by atoms with Crippen LogP contribution in [0.4, 0.5) is 10.2 Å². The number of aryl methyl sites for hydroxylation is 1. The van der Waals surface area contributed by atoms with Gasteiger partial charge in [0.15, 0.2) is 5.82 Å². The van der Waals surface area contributed by atoms with Crippen LogP contribution in [0.5, 0.6) is 0 Å². The fraction of sp³-hybridized carbons (Fsp3) is 0.412. The van der Waals surface area contributed by atoms with E-state index in [2.05, 4.69) is 17.2 Å². The van der Waals surface area contributed by atoms with Gasteiger partial charge in [-0.3, -0.25) is 0 Å². The number of benzene rings is 1. The number of hydrogen-bond donors (Lipinski definition) is 1. The monoisotopic (exact) mass is 285 g/mol. The van der Waals surface area contributed by atoms with E-state index in [0.29, 0.717) is 5.82 Å². The normalized spacial score (nSPS) is 14.4. The highest BCUT2D eigenvalue weighted by Gasteiger charge is 2.17. The van der Waals surface area contributed by atoms with Crippen molar-refractivity contribution in [1.82, 2.24) is 9.97 Å². The molecular weight excluding hydrogens is 265 g/mol. The summed E-state index contributed by atoms with van der Waals surface area (Å²) < 4.78 is 13.4. The first-order chi connectivity index (χ1) is 10.3. The Bertz CT molecular complexity index is 640. The van der Waals surface area contributed by atoms with E-state index in [1.807, 2.05) is 6.07 Å². The van der Waals surface area contributed by atoms with Crippen LogP contribution >= 0.6 is 0 Å². The standard InChI is InChI=1S/C17H20FN3/c1-2-19-17-14-9-4-3-5-10-15(14)20-16(21-17)12-7-6-8-13(18)11-12/h6-8,11H,2-5,9-10H2,1H3,(H,19,20,21). The number of aromatic nitrogens is 2. The summed E-state index contributed by atoms with van der Waals surface area (Å²) in [4.78, 5) is 9.35. The Hall–Kier alpha value is -1.97. The van der Waals surface area contributed by atoms with E-state index in [0.717, 1.165) is 42.9 Å². The molecule has 0 fully saturated rings. The van der Waals surface area contributed by atoms with E-state index in [9.17, 15) is 4.39 Å². The van der Waals surface area contributed by atoms with E-state index in [1.165, 1.54) is 30.5 Å². The molecule has 21 heavy (non-hydrogen) atoms. The molecule has 1 heterocycles. The lowest BCUT2D eigenvalue weighted by Crippen LogP contribution is -2.09. The van der Waals surface area contributed by atoms with Crippen LogP contribution in [0.15, 0.2) is 24.3 Å². The fourth-order valence-electron chi connectivity index (χ4n) is 2.84. The highest BCUT2D eigenvalue weighted by Crippen LogP contribution is 2.28. The molecule has 110 valence electrons. The number of anilines is 1. The maximum absolute atomic E-state index is 13.4. The molecular formula is C17H20FN3. The molecule has 4 heteroatoms. The van der Waals surface area contributed by atoms with Crippen LogP contribution in [-0.2, 0) is 12.8 Å². The van der Waals surface area contributed by atoms with Gasteiger partial charge < -0.3 is 5.32 Å². The molecule has 0 saturated carbocycles. The fourth-order valence-corrected chi connectivity index (χ4v) is 2.84. The predicted octanol–water partition coefficient (Wildman–Crippen LogP) is 3.98. The molecule has 0 amide bonds. The molecule has 0 saturated heterocycles. The Balaban J connectivity index is 2.09. The predicted molar refractivity (Wildman–Crippen MR) is 82.8 cm³/mol. The van der Waals surface area contributed by atoms with Crippen molar-refractivity contribution in [1.29, 1.82) is 0 Å². The van der Waals surface area contributed by atoms with Crippen molar-refractivity contribution in [2.45, 2.75) is 39.0 Å². The Kier molecular flexibility index (Phi) is 4.13. The molecule has 2 aromatic rings. The molecule has 1 aliphatic rings. The lowest BCUT2D eigenvalue weighted by atomic mass is 10.1. The molecule has 0 atom stereocenters. The number of nitrogens with zero attached hydrogens (tertiary/aromatic N) is 2. The molecule has 0 unspecified atom stereocenters. The first-order valence-corrected chi connectivity index (χ1v) is 7.67. The Labute approximate surface area is 124 Å². The van der Waals surface area contributed by atoms with Gasteiger partial charge in [-0.25, -0.2) is 14.4 Å². The van der Waals surface area contributed by atoms with Crippen molar-refractivity contribution < 1.29 is 4.39 Å². The average Bonchev–Trinajstić information content (AvgIpc) is 2.73. The molecule has 1 aromatic carbocycles. The zero-order chi connectivity index (χ0) is 14.7. The molecule has 1 aliphatic carbocycles. The topological polar surface area (TPSA) is 37.8 Å². The van der Waals surface area contributed by atoms with Crippen LogP contribution < -0.4 is 5.32 Å². The van der Waals surface area contributed by atoms with E-state index >= 15 is 0 Å². The SMILES string of the molecule is CCNc1nc(-c2cccc(F)c2)nc2c1CCCCC2. The van der Waals surface area contributed by atoms with Crippen LogP contribution in [0.3, 0.4) is 0 Å². The zero-order valence-electron chi connectivity index (χ0n) is 12.3. The van der Waals surface area contributed by atoms with Gasteiger partial charge in [0.05, 0.1) is 0 Å². The van der Waals surface area contributed by atoms with Crippen molar-refractivity contribution in [3.05, 3.63) is 41.3 Å². The first kappa shape index (κ1) is 14.0. The summed E-state index contributed by atoms with van der Waals surface area (Å²) in [7, 11) is 0. The molecule has 0 radical (unpaired) electrons. The van der Waals surface area contributed by atoms with Crippen LogP contribution in [0.1, 0.15) is 37.4 Å². The smallest absolute Gasteiger partial charge is 0.161 e. The summed E-state index contributed by atoms with van der Waals surface area (Å²) in [6.45, 7) is 2.89. The molecule has 1 N–H and O–H groups in total. The van der Waals surface area contributed by atoms with Gasteiger partial charge >= 0.3 is 0 Å². The van der Waals surface area contributed by atoms with Crippen molar-refractivity contribution in [2.24, 2.45) is 0 Å². The molecule has 0 spiro atoms. The second kappa shape index (κ2) is 6.20. The van der Waals surface area contributed by atoms with Crippen molar-refractivity contribution in [3.8, 4) is 11.4 Å². The third-order valence-electron chi connectivity index (χ3n) is 3.86. The number of halogens is 1. The molecule has 3 rings (SSSR count). The molecule has 3 nitrogen and oxygen atoms in total. The summed E-state index contributed by atoms with van der Waals surface area (Å²) in [5.41, 5.74) is 3.11. The van der Waals surface area contributed by atoms with Gasteiger partial charge in [0.1, 0.15) is 11.6 Å². The highest BCUT2D eigenvalue weighted by atomic mass is 19.1. The van der Waals surface area contributed by atoms with E-state index in [1.54, 1.807) is 6.07 Å². The van der Waals surface area contributed by atoms with Crippen LogP contribution in [0.25, 0.3) is 11.4 Å². The number of nitrogens with one attached hydrogen (secondary N) is 1.